The van der Waals surface area contributed by atoms with Crippen LogP contribution in [-0.2, 0) is 0 Å². The van der Waals surface area contributed by atoms with Crippen LogP contribution in [0.25, 0.3) is 0 Å². The summed E-state index contributed by atoms with van der Waals surface area (Å²) in [6.07, 6.45) is 1.12. The first kappa shape index (κ1) is 9.44. The lowest BCUT2D eigenvalue weighted by Crippen LogP contribution is -2.35. The maximum Gasteiger partial charge on any atom is 0.203 e. The highest BCUT2D eigenvalue weighted by atomic mass is 19.1. The van der Waals surface area contributed by atoms with Gasteiger partial charge in [0.05, 0.1) is 0 Å². The standard InChI is InChI=1S/C8H11FN4/c1-12(2)8(11)13-5-6(9)3-4-7(13)10/h3-5,10-11H,1-2H3. The van der Waals surface area contributed by atoms with Gasteiger partial charge in [-0.1, -0.05) is 0 Å². The van der Waals surface area contributed by atoms with Crippen LogP contribution in [0.2, 0.25) is 0 Å². The second-order valence-electron chi connectivity index (χ2n) is 2.82. The molecule has 0 fully saturated rings. The van der Waals surface area contributed by atoms with E-state index in [4.69, 9.17) is 10.8 Å². The zero-order valence-corrected chi connectivity index (χ0v) is 7.50. The molecule has 4 nitrogen and oxygen atoms in total. The molecule has 0 aliphatic heterocycles. The molecule has 2 N–H and O–H groups in total. The van der Waals surface area contributed by atoms with Crippen LogP contribution in [0.3, 0.4) is 0 Å². The number of aromatic nitrogens is 1. The Bertz CT molecular complexity index is 380. The lowest BCUT2D eigenvalue weighted by molar-refractivity contribution is 0.568. The van der Waals surface area contributed by atoms with Gasteiger partial charge < -0.3 is 4.90 Å². The minimum atomic E-state index is -0.456. The molecular weight excluding hydrogens is 171 g/mol. The average Bonchev–Trinajstić information content (AvgIpc) is 2.08. The molecule has 0 saturated carbocycles. The first-order chi connectivity index (χ1) is 6.02. The predicted octanol–water partition coefficient (Wildman–Crippen LogP) is 0.451. The molecular formula is C8H11FN4. The minimum absolute atomic E-state index is 0.0597. The number of hydrogen-bond donors (Lipinski definition) is 2. The van der Waals surface area contributed by atoms with Crippen molar-refractivity contribution >= 4 is 5.96 Å². The Kier molecular flexibility index (Phi) is 2.46. The summed E-state index contributed by atoms with van der Waals surface area (Å²) in [7, 11) is 3.33. The van der Waals surface area contributed by atoms with Crippen LogP contribution in [0, 0.1) is 16.6 Å². The van der Waals surface area contributed by atoms with Crippen molar-refractivity contribution in [3.05, 3.63) is 29.6 Å². The van der Waals surface area contributed by atoms with Gasteiger partial charge >= 0.3 is 0 Å². The van der Waals surface area contributed by atoms with Crippen molar-refractivity contribution in [3.63, 3.8) is 0 Å². The van der Waals surface area contributed by atoms with Gasteiger partial charge in [0.1, 0.15) is 11.3 Å². The van der Waals surface area contributed by atoms with E-state index in [0.717, 1.165) is 10.8 Å². The van der Waals surface area contributed by atoms with E-state index in [9.17, 15) is 4.39 Å². The molecule has 0 aromatic carbocycles. The summed E-state index contributed by atoms with van der Waals surface area (Å²) in [5.41, 5.74) is 0.0834. The number of halogens is 1. The van der Waals surface area contributed by atoms with Gasteiger partial charge in [-0.05, 0) is 12.1 Å². The highest BCUT2D eigenvalue weighted by Crippen LogP contribution is 1.92. The summed E-state index contributed by atoms with van der Waals surface area (Å²) in [6.45, 7) is 0. The molecule has 0 spiro atoms. The Labute approximate surface area is 75.3 Å². The third kappa shape index (κ3) is 1.93. The summed E-state index contributed by atoms with van der Waals surface area (Å²) in [5.74, 6) is -0.396. The average molecular weight is 182 g/mol. The normalized spacial score (nSPS) is 9.77. The van der Waals surface area contributed by atoms with E-state index in [1.165, 1.54) is 17.0 Å². The second kappa shape index (κ2) is 3.38. The van der Waals surface area contributed by atoms with Crippen LogP contribution in [0.5, 0.6) is 0 Å². The van der Waals surface area contributed by atoms with Crippen molar-refractivity contribution in [2.24, 2.45) is 0 Å². The number of nitrogens with zero attached hydrogens (tertiary/aromatic N) is 2. The van der Waals surface area contributed by atoms with E-state index in [0.29, 0.717) is 0 Å². The zero-order chi connectivity index (χ0) is 10.0. The molecule has 5 heteroatoms. The van der Waals surface area contributed by atoms with E-state index in [2.05, 4.69) is 0 Å². The van der Waals surface area contributed by atoms with E-state index in [-0.39, 0.29) is 11.4 Å². The third-order valence-electron chi connectivity index (χ3n) is 1.56. The van der Waals surface area contributed by atoms with Crippen molar-refractivity contribution in [2.45, 2.75) is 0 Å². The van der Waals surface area contributed by atoms with Gasteiger partial charge in [0.15, 0.2) is 0 Å². The lowest BCUT2D eigenvalue weighted by Gasteiger charge is -2.15. The van der Waals surface area contributed by atoms with E-state index in [1.54, 1.807) is 14.1 Å². The molecule has 0 aliphatic carbocycles. The first-order valence-electron chi connectivity index (χ1n) is 3.71. The summed E-state index contributed by atoms with van der Waals surface area (Å²) in [6, 6.07) is 2.51. The smallest absolute Gasteiger partial charge is 0.203 e. The van der Waals surface area contributed by atoms with Gasteiger partial charge in [0.25, 0.3) is 0 Å². The molecule has 13 heavy (non-hydrogen) atoms. The molecule has 1 heterocycles. The van der Waals surface area contributed by atoms with Gasteiger partial charge in [-0.2, -0.15) is 0 Å². The number of pyridine rings is 1. The van der Waals surface area contributed by atoms with Crippen molar-refractivity contribution in [2.75, 3.05) is 14.1 Å². The fourth-order valence-electron chi connectivity index (χ4n) is 0.865. The summed E-state index contributed by atoms with van der Waals surface area (Å²) in [5, 5.41) is 14.9. The van der Waals surface area contributed by atoms with Gasteiger partial charge in [-0.25, -0.2) is 4.39 Å². The minimum Gasteiger partial charge on any atom is -0.349 e. The SMILES string of the molecule is CN(C)C(=N)n1cc(F)ccc1=N. The number of hydrogen-bond acceptors (Lipinski definition) is 2. The van der Waals surface area contributed by atoms with Crippen molar-refractivity contribution in [1.82, 2.24) is 9.47 Å². The van der Waals surface area contributed by atoms with Crippen LogP contribution in [-0.4, -0.2) is 29.5 Å². The van der Waals surface area contributed by atoms with Crippen LogP contribution in [0.15, 0.2) is 18.3 Å². The summed E-state index contributed by atoms with van der Waals surface area (Å²) in [4.78, 5) is 1.50. The fourth-order valence-corrected chi connectivity index (χ4v) is 0.865. The molecule has 0 amide bonds. The van der Waals surface area contributed by atoms with Crippen LogP contribution in [0.1, 0.15) is 0 Å². The molecule has 1 aromatic heterocycles. The molecule has 0 radical (unpaired) electrons. The van der Waals surface area contributed by atoms with Crippen LogP contribution in [0.4, 0.5) is 4.39 Å². The quantitative estimate of drug-likeness (QED) is 0.444. The van der Waals surface area contributed by atoms with Gasteiger partial charge in [-0.3, -0.25) is 15.4 Å². The Hall–Kier alpha value is -1.65. The van der Waals surface area contributed by atoms with Gasteiger partial charge in [0, 0.05) is 20.3 Å². The topological polar surface area (TPSA) is 55.9 Å². The first-order valence-corrected chi connectivity index (χ1v) is 3.71. The van der Waals surface area contributed by atoms with Crippen molar-refractivity contribution in [3.8, 4) is 0 Å². The molecule has 0 saturated heterocycles. The summed E-state index contributed by atoms with van der Waals surface area (Å²) >= 11 is 0. The van der Waals surface area contributed by atoms with Gasteiger partial charge in [0.2, 0.25) is 5.96 Å². The van der Waals surface area contributed by atoms with E-state index >= 15 is 0 Å². The zero-order valence-electron chi connectivity index (χ0n) is 7.50. The number of nitrogens with one attached hydrogen (secondary N) is 2. The summed E-state index contributed by atoms with van der Waals surface area (Å²) < 4.78 is 13.9. The van der Waals surface area contributed by atoms with Crippen LogP contribution >= 0.6 is 0 Å². The van der Waals surface area contributed by atoms with Crippen molar-refractivity contribution < 1.29 is 4.39 Å². The maximum atomic E-state index is 12.8. The Morgan fingerprint density at radius 1 is 1.46 bits per heavy atom. The predicted molar refractivity (Wildman–Crippen MR) is 47.1 cm³/mol. The molecule has 0 unspecified atom stereocenters. The molecule has 0 atom stereocenters. The Balaban J connectivity index is 3.21. The molecule has 1 rings (SSSR count). The molecule has 0 aliphatic rings. The van der Waals surface area contributed by atoms with Crippen molar-refractivity contribution in [1.29, 1.82) is 10.8 Å². The van der Waals surface area contributed by atoms with Crippen LogP contribution < -0.4 is 5.49 Å². The fraction of sp³-hybridized carbons (Fsp3) is 0.250. The Morgan fingerprint density at radius 2 is 2.08 bits per heavy atom. The van der Waals surface area contributed by atoms with Gasteiger partial charge in [-0.15, -0.1) is 0 Å². The van der Waals surface area contributed by atoms with E-state index in [1.807, 2.05) is 0 Å². The number of rotatable bonds is 0. The molecule has 1 aromatic rings. The third-order valence-corrected chi connectivity index (χ3v) is 1.56. The Morgan fingerprint density at radius 3 is 2.62 bits per heavy atom. The monoisotopic (exact) mass is 182 g/mol. The highest BCUT2D eigenvalue weighted by Gasteiger charge is 2.03. The molecule has 0 bridgehead atoms. The molecule has 70 valence electrons. The maximum absolute atomic E-state index is 12.8. The second-order valence-corrected chi connectivity index (χ2v) is 2.82. The van der Waals surface area contributed by atoms with E-state index < -0.39 is 5.82 Å². The lowest BCUT2D eigenvalue weighted by atomic mass is 10.4. The largest absolute Gasteiger partial charge is 0.349 e. The highest BCUT2D eigenvalue weighted by molar-refractivity contribution is 5.78.